The van der Waals surface area contributed by atoms with E-state index in [1.807, 2.05) is 32.3 Å². The van der Waals surface area contributed by atoms with E-state index in [9.17, 15) is 9.59 Å². The zero-order valence-electron chi connectivity index (χ0n) is 11.8. The molecule has 0 radical (unpaired) electrons. The highest BCUT2D eigenvalue weighted by Gasteiger charge is 2.17. The molecule has 0 bridgehead atoms. The van der Waals surface area contributed by atoms with Gasteiger partial charge in [-0.3, -0.25) is 9.59 Å². The highest BCUT2D eigenvalue weighted by atomic mass is 16.1. The fourth-order valence-corrected chi connectivity index (χ4v) is 2.14. The molecule has 19 heavy (non-hydrogen) atoms. The average Bonchev–Trinajstić information content (AvgIpc) is 2.69. The molecule has 0 saturated heterocycles. The third-order valence-electron chi connectivity index (χ3n) is 3.33. The molecule has 102 valence electrons. The number of hydrogen-bond acceptors (Lipinski definition) is 3. The molecule has 1 aromatic rings. The number of carbonyl (C=O) groups is 1. The highest BCUT2D eigenvalue weighted by Crippen LogP contribution is 2.21. The van der Waals surface area contributed by atoms with E-state index in [4.69, 9.17) is 0 Å². The van der Waals surface area contributed by atoms with E-state index in [2.05, 4.69) is 10.3 Å². The minimum atomic E-state index is -0.0805. The Morgan fingerprint density at radius 3 is 2.79 bits per heavy atom. The Balaban J connectivity index is 2.27. The van der Waals surface area contributed by atoms with E-state index >= 15 is 0 Å². The Bertz CT molecular complexity index is 612. The van der Waals surface area contributed by atoms with Gasteiger partial charge in [0.1, 0.15) is 5.82 Å². The van der Waals surface area contributed by atoms with Crippen molar-refractivity contribution in [2.45, 2.75) is 40.8 Å². The molecule has 2 heterocycles. The van der Waals surface area contributed by atoms with Gasteiger partial charge in [-0.15, -0.1) is 0 Å². The summed E-state index contributed by atoms with van der Waals surface area (Å²) >= 11 is 0. The van der Waals surface area contributed by atoms with Crippen LogP contribution in [0.2, 0.25) is 0 Å². The van der Waals surface area contributed by atoms with Gasteiger partial charge in [-0.2, -0.15) is 0 Å². The van der Waals surface area contributed by atoms with E-state index in [0.717, 1.165) is 11.4 Å². The molecular formula is C14H19N3O2. The maximum atomic E-state index is 12.1. The van der Waals surface area contributed by atoms with Crippen LogP contribution in [-0.4, -0.2) is 16.2 Å². The van der Waals surface area contributed by atoms with Crippen molar-refractivity contribution in [3.8, 4) is 0 Å². The largest absolute Gasteiger partial charge is 0.352 e. The lowest BCUT2D eigenvalue weighted by Gasteiger charge is -2.13. The van der Waals surface area contributed by atoms with Crippen LogP contribution in [0.5, 0.6) is 0 Å². The predicted octanol–water partition coefficient (Wildman–Crippen LogP) is 1.53. The van der Waals surface area contributed by atoms with Gasteiger partial charge < -0.3 is 9.88 Å². The van der Waals surface area contributed by atoms with Gasteiger partial charge in [-0.1, -0.05) is 13.8 Å². The molecule has 0 spiro atoms. The van der Waals surface area contributed by atoms with Crippen LogP contribution in [0.4, 0.5) is 5.82 Å². The molecule has 0 unspecified atom stereocenters. The second-order valence-electron chi connectivity index (χ2n) is 5.24. The summed E-state index contributed by atoms with van der Waals surface area (Å²) in [7, 11) is 0. The number of aromatic nitrogens is 1. The van der Waals surface area contributed by atoms with Crippen molar-refractivity contribution in [1.82, 2.24) is 9.88 Å². The molecule has 1 N–H and O–H groups in total. The van der Waals surface area contributed by atoms with E-state index in [1.54, 1.807) is 6.07 Å². The predicted molar refractivity (Wildman–Crippen MR) is 74.9 cm³/mol. The van der Waals surface area contributed by atoms with E-state index in [0.29, 0.717) is 17.9 Å². The summed E-state index contributed by atoms with van der Waals surface area (Å²) < 4.78 is 2.01. The van der Waals surface area contributed by atoms with Crippen LogP contribution >= 0.6 is 0 Å². The molecule has 1 aromatic heterocycles. The average molecular weight is 261 g/mol. The SMILES string of the molecule is CC1=Nc2cc(=O)c(CNC(=O)C(C)C)c(C)n2C1. The first-order chi connectivity index (χ1) is 8.90. The van der Waals surface area contributed by atoms with Crippen LogP contribution in [0.15, 0.2) is 15.9 Å². The molecule has 0 saturated carbocycles. The van der Waals surface area contributed by atoms with Gasteiger partial charge >= 0.3 is 0 Å². The molecular weight excluding hydrogens is 242 g/mol. The summed E-state index contributed by atoms with van der Waals surface area (Å²) in [5, 5.41) is 2.79. The molecule has 1 aliphatic rings. The minimum Gasteiger partial charge on any atom is -0.352 e. The summed E-state index contributed by atoms with van der Waals surface area (Å²) in [4.78, 5) is 28.0. The Labute approximate surface area is 112 Å². The minimum absolute atomic E-state index is 0.0447. The van der Waals surface area contributed by atoms with Gasteiger partial charge in [-0.05, 0) is 13.8 Å². The van der Waals surface area contributed by atoms with Crippen molar-refractivity contribution < 1.29 is 4.79 Å². The van der Waals surface area contributed by atoms with Crippen LogP contribution in [0.3, 0.4) is 0 Å². The van der Waals surface area contributed by atoms with E-state index in [1.165, 1.54) is 0 Å². The van der Waals surface area contributed by atoms with Crippen LogP contribution in [0.1, 0.15) is 32.0 Å². The van der Waals surface area contributed by atoms with Crippen LogP contribution in [-0.2, 0) is 17.9 Å². The van der Waals surface area contributed by atoms with Gasteiger partial charge in [0.05, 0.1) is 6.54 Å². The van der Waals surface area contributed by atoms with Gasteiger partial charge in [-0.25, -0.2) is 4.99 Å². The number of amides is 1. The zero-order chi connectivity index (χ0) is 14.2. The molecule has 5 nitrogen and oxygen atoms in total. The fourth-order valence-electron chi connectivity index (χ4n) is 2.14. The summed E-state index contributed by atoms with van der Waals surface area (Å²) in [6, 6.07) is 1.54. The third kappa shape index (κ3) is 2.59. The van der Waals surface area contributed by atoms with Crippen molar-refractivity contribution in [1.29, 1.82) is 0 Å². The van der Waals surface area contributed by atoms with E-state index < -0.39 is 0 Å². The maximum Gasteiger partial charge on any atom is 0.222 e. The van der Waals surface area contributed by atoms with Crippen molar-refractivity contribution in [2.75, 3.05) is 0 Å². The lowest BCUT2D eigenvalue weighted by molar-refractivity contribution is -0.124. The highest BCUT2D eigenvalue weighted by molar-refractivity contribution is 5.87. The van der Waals surface area contributed by atoms with Gasteiger partial charge in [0.25, 0.3) is 0 Å². The molecule has 1 aliphatic heterocycles. The summed E-state index contributed by atoms with van der Waals surface area (Å²) in [5.41, 5.74) is 2.45. The first-order valence-electron chi connectivity index (χ1n) is 6.45. The van der Waals surface area contributed by atoms with Gasteiger partial charge in [0.2, 0.25) is 5.91 Å². The zero-order valence-corrected chi connectivity index (χ0v) is 11.8. The maximum absolute atomic E-state index is 12.1. The normalized spacial score (nSPS) is 13.4. The van der Waals surface area contributed by atoms with Crippen LogP contribution in [0.25, 0.3) is 0 Å². The summed E-state index contributed by atoms with van der Waals surface area (Å²) in [6.45, 7) is 8.49. The number of hydrogen-bond donors (Lipinski definition) is 1. The van der Waals surface area contributed by atoms with Crippen molar-refractivity contribution in [3.05, 3.63) is 27.5 Å². The lowest BCUT2D eigenvalue weighted by atomic mass is 10.1. The molecule has 1 amide bonds. The number of nitrogens with one attached hydrogen (secondary N) is 1. The number of aliphatic imine (C=N–C) groups is 1. The van der Waals surface area contributed by atoms with Crippen molar-refractivity contribution in [3.63, 3.8) is 0 Å². The second kappa shape index (κ2) is 4.99. The van der Waals surface area contributed by atoms with Crippen molar-refractivity contribution >= 4 is 17.4 Å². The second-order valence-corrected chi connectivity index (χ2v) is 5.24. The molecule has 0 aromatic carbocycles. The Kier molecular flexibility index (Phi) is 3.55. The Morgan fingerprint density at radius 1 is 1.47 bits per heavy atom. The third-order valence-corrected chi connectivity index (χ3v) is 3.33. The topological polar surface area (TPSA) is 63.5 Å². The number of pyridine rings is 1. The summed E-state index contributed by atoms with van der Waals surface area (Å²) in [5.74, 6) is 0.582. The monoisotopic (exact) mass is 261 g/mol. The van der Waals surface area contributed by atoms with Gasteiger partial charge in [0, 0.05) is 35.5 Å². The molecule has 0 fully saturated rings. The molecule has 5 heteroatoms. The molecule has 0 aliphatic carbocycles. The molecule has 2 rings (SSSR count). The molecule has 0 atom stereocenters. The number of rotatable bonds is 3. The quantitative estimate of drug-likeness (QED) is 0.897. The number of fused-ring (bicyclic) bond motifs is 1. The lowest BCUT2D eigenvalue weighted by Crippen LogP contribution is -2.30. The Morgan fingerprint density at radius 2 is 2.16 bits per heavy atom. The fraction of sp³-hybridized carbons (Fsp3) is 0.500. The standard InChI is InChI=1S/C14H19N3O2/c1-8(2)14(19)15-6-11-10(4)17-7-9(3)16-13(17)5-12(11)18/h5,8H,6-7H2,1-4H3,(H,15,19). The smallest absolute Gasteiger partial charge is 0.222 e. The van der Waals surface area contributed by atoms with Crippen LogP contribution < -0.4 is 10.7 Å². The van der Waals surface area contributed by atoms with Crippen LogP contribution in [0, 0.1) is 12.8 Å². The number of nitrogens with zero attached hydrogens (tertiary/aromatic N) is 2. The first-order valence-corrected chi connectivity index (χ1v) is 6.45. The van der Waals surface area contributed by atoms with Gasteiger partial charge in [0.15, 0.2) is 5.43 Å². The Hall–Kier alpha value is -1.91. The van der Waals surface area contributed by atoms with E-state index in [-0.39, 0.29) is 23.8 Å². The number of carbonyl (C=O) groups excluding carboxylic acids is 1. The first kappa shape index (κ1) is 13.5. The van der Waals surface area contributed by atoms with Crippen molar-refractivity contribution in [2.24, 2.45) is 10.9 Å². The summed E-state index contributed by atoms with van der Waals surface area (Å²) in [6.07, 6.45) is 0.